The summed E-state index contributed by atoms with van der Waals surface area (Å²) in [4.78, 5) is 26.4. The van der Waals surface area contributed by atoms with E-state index in [4.69, 9.17) is 14.0 Å². The third-order valence-electron chi connectivity index (χ3n) is 5.37. The Kier molecular flexibility index (Phi) is 5.27. The van der Waals surface area contributed by atoms with Crippen molar-refractivity contribution in [1.82, 2.24) is 15.4 Å². The van der Waals surface area contributed by atoms with E-state index in [9.17, 15) is 9.59 Å². The van der Waals surface area contributed by atoms with Crippen molar-refractivity contribution in [3.8, 4) is 5.88 Å². The van der Waals surface area contributed by atoms with Crippen molar-refractivity contribution in [2.75, 3.05) is 27.4 Å². The van der Waals surface area contributed by atoms with E-state index in [1.807, 2.05) is 4.90 Å². The Bertz CT molecular complexity index is 622. The van der Waals surface area contributed by atoms with Crippen molar-refractivity contribution in [3.05, 3.63) is 11.8 Å². The molecule has 1 aromatic heterocycles. The summed E-state index contributed by atoms with van der Waals surface area (Å²) in [6.45, 7) is 1.20. The lowest BCUT2D eigenvalue weighted by Gasteiger charge is -2.43. The lowest BCUT2D eigenvalue weighted by molar-refractivity contribution is -0.133. The number of carbonyl (C=O) groups excluding carboxylic acids is 2. The van der Waals surface area contributed by atoms with Crippen molar-refractivity contribution in [1.29, 1.82) is 0 Å². The second-order valence-electron chi connectivity index (χ2n) is 6.74. The van der Waals surface area contributed by atoms with Crippen molar-refractivity contribution >= 4 is 11.8 Å². The quantitative estimate of drug-likeness (QED) is 0.832. The Morgan fingerprint density at radius 3 is 2.80 bits per heavy atom. The van der Waals surface area contributed by atoms with Gasteiger partial charge in [-0.1, -0.05) is 0 Å². The van der Waals surface area contributed by atoms with Crippen LogP contribution in [-0.4, -0.2) is 60.8 Å². The molecule has 1 aromatic rings. The fraction of sp³-hybridized carbons (Fsp3) is 0.706. The molecule has 1 aliphatic carbocycles. The molecule has 0 aromatic carbocycles. The van der Waals surface area contributed by atoms with Gasteiger partial charge in [-0.2, -0.15) is 0 Å². The van der Waals surface area contributed by atoms with Crippen molar-refractivity contribution < 1.29 is 23.6 Å². The highest BCUT2D eigenvalue weighted by molar-refractivity contribution is 5.91. The lowest BCUT2D eigenvalue weighted by atomic mass is 9.77. The minimum absolute atomic E-state index is 0.0632. The van der Waals surface area contributed by atoms with Gasteiger partial charge in [-0.3, -0.25) is 9.59 Å². The monoisotopic (exact) mass is 351 g/mol. The maximum Gasteiger partial charge on any atom is 0.290 e. The average Bonchev–Trinajstić information content (AvgIpc) is 3.21. The number of hydrogen-bond acceptors (Lipinski definition) is 6. The highest BCUT2D eigenvalue weighted by Crippen LogP contribution is 2.42. The predicted octanol–water partition coefficient (Wildman–Crippen LogP) is 1.36. The zero-order valence-electron chi connectivity index (χ0n) is 14.7. The van der Waals surface area contributed by atoms with Gasteiger partial charge in [-0.15, -0.1) is 0 Å². The van der Waals surface area contributed by atoms with E-state index < -0.39 is 0 Å². The molecule has 1 saturated heterocycles. The minimum atomic E-state index is -0.282. The van der Waals surface area contributed by atoms with Gasteiger partial charge < -0.3 is 24.2 Å². The molecule has 2 aliphatic rings. The Balaban J connectivity index is 1.56. The SMILES string of the molecule is COCCN1C(=O)CCC12CCC(NC(=O)c1cc(OC)no1)CC2. The molecule has 25 heavy (non-hydrogen) atoms. The molecule has 138 valence electrons. The van der Waals surface area contributed by atoms with E-state index in [1.165, 1.54) is 13.2 Å². The molecule has 8 nitrogen and oxygen atoms in total. The maximum absolute atomic E-state index is 12.2. The number of likely N-dealkylation sites (tertiary alicyclic amines) is 1. The lowest BCUT2D eigenvalue weighted by Crippen LogP contribution is -2.52. The second kappa shape index (κ2) is 7.43. The molecule has 3 rings (SSSR count). The van der Waals surface area contributed by atoms with Crippen molar-refractivity contribution in [2.45, 2.75) is 50.1 Å². The molecule has 0 atom stereocenters. The van der Waals surface area contributed by atoms with Crippen LogP contribution >= 0.6 is 0 Å². The zero-order valence-corrected chi connectivity index (χ0v) is 14.7. The predicted molar refractivity (Wildman–Crippen MR) is 88.3 cm³/mol. The van der Waals surface area contributed by atoms with Gasteiger partial charge in [0.25, 0.3) is 11.8 Å². The van der Waals surface area contributed by atoms with Crippen LogP contribution in [-0.2, 0) is 9.53 Å². The molecule has 1 spiro atoms. The summed E-state index contributed by atoms with van der Waals surface area (Å²) in [6, 6.07) is 1.55. The van der Waals surface area contributed by atoms with Crippen LogP contribution in [0.1, 0.15) is 49.1 Å². The van der Waals surface area contributed by atoms with Crippen LogP contribution in [0.15, 0.2) is 10.6 Å². The fourth-order valence-corrected chi connectivity index (χ4v) is 3.96. The molecule has 2 fully saturated rings. The van der Waals surface area contributed by atoms with Crippen LogP contribution in [0.5, 0.6) is 5.88 Å². The molecular weight excluding hydrogens is 326 g/mol. The second-order valence-corrected chi connectivity index (χ2v) is 6.74. The standard InChI is InChI=1S/C17H25N3O5/c1-23-10-9-20-15(21)5-8-17(20)6-3-12(4-7-17)18-16(22)13-11-14(24-2)19-25-13/h11-12H,3-10H2,1-2H3,(H,18,22). The van der Waals surface area contributed by atoms with E-state index in [-0.39, 0.29) is 35.0 Å². The van der Waals surface area contributed by atoms with Gasteiger partial charge in [0.1, 0.15) is 0 Å². The van der Waals surface area contributed by atoms with Gasteiger partial charge in [0, 0.05) is 31.7 Å². The van der Waals surface area contributed by atoms with Crippen LogP contribution in [0.4, 0.5) is 0 Å². The normalized spacial score (nSPS) is 26.2. The number of nitrogens with zero attached hydrogens (tertiary/aromatic N) is 2. The largest absolute Gasteiger partial charge is 0.479 e. The molecule has 0 radical (unpaired) electrons. The number of nitrogens with one attached hydrogen (secondary N) is 1. The van der Waals surface area contributed by atoms with Crippen LogP contribution in [0, 0.1) is 0 Å². The highest BCUT2D eigenvalue weighted by Gasteiger charge is 2.46. The van der Waals surface area contributed by atoms with Gasteiger partial charge in [0.2, 0.25) is 11.7 Å². The molecule has 1 saturated carbocycles. The molecule has 2 amide bonds. The van der Waals surface area contributed by atoms with Crippen LogP contribution < -0.4 is 10.1 Å². The Morgan fingerprint density at radius 2 is 2.16 bits per heavy atom. The summed E-state index contributed by atoms with van der Waals surface area (Å²) in [6.07, 6.45) is 4.98. The third-order valence-corrected chi connectivity index (χ3v) is 5.37. The van der Waals surface area contributed by atoms with E-state index in [1.54, 1.807) is 7.11 Å². The zero-order chi connectivity index (χ0) is 17.9. The van der Waals surface area contributed by atoms with Gasteiger partial charge in [0.05, 0.1) is 19.8 Å². The topological polar surface area (TPSA) is 93.9 Å². The highest BCUT2D eigenvalue weighted by atomic mass is 16.5. The van der Waals surface area contributed by atoms with Gasteiger partial charge >= 0.3 is 0 Å². The summed E-state index contributed by atoms with van der Waals surface area (Å²) >= 11 is 0. The fourth-order valence-electron chi connectivity index (χ4n) is 3.96. The molecular formula is C17H25N3O5. The third kappa shape index (κ3) is 3.63. The minimum Gasteiger partial charge on any atom is -0.479 e. The Hall–Kier alpha value is -2.09. The number of aromatic nitrogens is 1. The average molecular weight is 351 g/mol. The summed E-state index contributed by atoms with van der Waals surface area (Å²) in [5.74, 6) is 0.365. The summed E-state index contributed by atoms with van der Waals surface area (Å²) in [5.41, 5.74) is -0.0632. The number of methoxy groups -OCH3 is 2. The van der Waals surface area contributed by atoms with E-state index in [2.05, 4.69) is 10.5 Å². The first-order valence-corrected chi connectivity index (χ1v) is 8.69. The first kappa shape index (κ1) is 17.7. The Morgan fingerprint density at radius 1 is 1.40 bits per heavy atom. The number of rotatable bonds is 6. The van der Waals surface area contributed by atoms with Crippen molar-refractivity contribution in [3.63, 3.8) is 0 Å². The summed E-state index contributed by atoms with van der Waals surface area (Å²) in [5, 5.41) is 6.63. The van der Waals surface area contributed by atoms with E-state index in [0.717, 1.165) is 32.1 Å². The van der Waals surface area contributed by atoms with Crippen molar-refractivity contribution in [2.24, 2.45) is 0 Å². The van der Waals surface area contributed by atoms with E-state index in [0.29, 0.717) is 19.6 Å². The molecule has 1 aliphatic heterocycles. The number of amides is 2. The first-order valence-electron chi connectivity index (χ1n) is 8.69. The maximum atomic E-state index is 12.2. The van der Waals surface area contributed by atoms with Gasteiger partial charge in [-0.05, 0) is 37.3 Å². The Labute approximate surface area is 146 Å². The van der Waals surface area contributed by atoms with Crippen LogP contribution in [0.25, 0.3) is 0 Å². The molecule has 2 heterocycles. The summed E-state index contributed by atoms with van der Waals surface area (Å²) in [7, 11) is 3.12. The summed E-state index contributed by atoms with van der Waals surface area (Å²) < 4.78 is 15.0. The van der Waals surface area contributed by atoms with Gasteiger partial charge in [-0.25, -0.2) is 0 Å². The molecule has 8 heteroatoms. The van der Waals surface area contributed by atoms with Crippen LogP contribution in [0.3, 0.4) is 0 Å². The van der Waals surface area contributed by atoms with Gasteiger partial charge in [0.15, 0.2) is 0 Å². The molecule has 0 bridgehead atoms. The molecule has 0 unspecified atom stereocenters. The number of hydrogen-bond donors (Lipinski definition) is 1. The number of carbonyl (C=O) groups is 2. The van der Waals surface area contributed by atoms with Crippen LogP contribution in [0.2, 0.25) is 0 Å². The smallest absolute Gasteiger partial charge is 0.290 e. The first-order chi connectivity index (χ1) is 12.1. The van der Waals surface area contributed by atoms with E-state index >= 15 is 0 Å². The number of ether oxygens (including phenoxy) is 2. The molecule has 1 N–H and O–H groups in total.